The van der Waals surface area contributed by atoms with E-state index in [1.807, 2.05) is 72.8 Å². The van der Waals surface area contributed by atoms with Crippen molar-refractivity contribution in [1.82, 2.24) is 0 Å². The maximum atomic E-state index is 12.7. The molecule has 0 saturated heterocycles. The van der Waals surface area contributed by atoms with Crippen LogP contribution in [0.2, 0.25) is 0 Å². The van der Waals surface area contributed by atoms with Gasteiger partial charge in [0.2, 0.25) is 10.2 Å². The van der Waals surface area contributed by atoms with E-state index in [9.17, 15) is 18.8 Å². The van der Waals surface area contributed by atoms with Crippen LogP contribution in [0.4, 0.5) is 4.39 Å². The minimum absolute atomic E-state index is 0.139. The predicted molar refractivity (Wildman–Crippen MR) is 186 cm³/mol. The second-order valence-electron chi connectivity index (χ2n) is 9.76. The summed E-state index contributed by atoms with van der Waals surface area (Å²) in [7, 11) is 0. The first kappa shape index (κ1) is 34.6. The Labute approximate surface area is 282 Å². The Morgan fingerprint density at radius 2 is 1.19 bits per heavy atom. The lowest BCUT2D eigenvalue weighted by Crippen LogP contribution is -2.01. The van der Waals surface area contributed by atoms with E-state index < -0.39 is 16.9 Å². The van der Waals surface area contributed by atoms with Crippen molar-refractivity contribution in [3.05, 3.63) is 156 Å². The topological polar surface area (TPSA) is 69.7 Å². The number of esters is 1. The van der Waals surface area contributed by atoms with E-state index >= 15 is 0 Å². The van der Waals surface area contributed by atoms with Crippen LogP contribution in [-0.2, 0) is 9.53 Å². The van der Waals surface area contributed by atoms with Gasteiger partial charge in [0.15, 0.2) is 5.83 Å². The Bertz CT molecular complexity index is 1860. The number of hydrogen-bond acceptors (Lipinski definition) is 7. The summed E-state index contributed by atoms with van der Waals surface area (Å²) >= 11 is 2.03. The lowest BCUT2D eigenvalue weighted by atomic mass is 10.1. The Morgan fingerprint density at radius 1 is 0.702 bits per heavy atom. The van der Waals surface area contributed by atoms with E-state index in [1.165, 1.54) is 0 Å². The number of hydrogen-bond donors (Lipinski definition) is 0. The molecule has 5 nitrogen and oxygen atoms in total. The number of carbonyl (C=O) groups excluding carboxylic acids is 3. The molecule has 0 aliphatic carbocycles. The van der Waals surface area contributed by atoms with Crippen LogP contribution in [0, 0.1) is 23.7 Å². The third-order valence-corrected chi connectivity index (χ3v) is 8.22. The van der Waals surface area contributed by atoms with Crippen LogP contribution in [0.1, 0.15) is 55.8 Å². The van der Waals surface area contributed by atoms with Gasteiger partial charge in [-0.2, -0.15) is 0 Å². The standard InChI is InChI=1S/C39H29FO5S2/c1-3-44-37(41)33-18-20-34(21-19-33)39(43)47-36-24-16-32(17-25-36)13-11-30-8-6-29(7-9-30)10-12-31-14-22-35(23-15-31)45-26-4-5-27-46-38(42)28(2)40/h3,6-9,14-25H,1-2,4-5,26-27H2. The maximum absolute atomic E-state index is 12.7. The zero-order valence-corrected chi connectivity index (χ0v) is 26.9. The van der Waals surface area contributed by atoms with Crippen LogP contribution in [0.3, 0.4) is 0 Å². The van der Waals surface area contributed by atoms with Gasteiger partial charge < -0.3 is 9.47 Å². The van der Waals surface area contributed by atoms with Gasteiger partial charge in [-0.25, -0.2) is 9.18 Å². The fourth-order valence-electron chi connectivity index (χ4n) is 3.86. The summed E-state index contributed by atoms with van der Waals surface area (Å²) in [6.07, 6.45) is 2.56. The summed E-state index contributed by atoms with van der Waals surface area (Å²) < 4.78 is 23.1. The number of thioether (sulfide) groups is 2. The molecule has 0 spiro atoms. The predicted octanol–water partition coefficient (Wildman–Crippen LogP) is 8.62. The van der Waals surface area contributed by atoms with Crippen molar-refractivity contribution in [2.45, 2.75) is 17.7 Å². The highest BCUT2D eigenvalue weighted by atomic mass is 32.2. The van der Waals surface area contributed by atoms with Crippen LogP contribution in [-0.4, -0.2) is 28.6 Å². The fraction of sp³-hybridized carbons (Fsp3) is 0.103. The second kappa shape index (κ2) is 18.0. The van der Waals surface area contributed by atoms with Gasteiger partial charge in [0.05, 0.1) is 18.4 Å². The van der Waals surface area contributed by atoms with Crippen molar-refractivity contribution in [1.29, 1.82) is 0 Å². The first-order valence-corrected chi connectivity index (χ1v) is 16.2. The van der Waals surface area contributed by atoms with E-state index in [1.54, 1.807) is 24.3 Å². The van der Waals surface area contributed by atoms with Gasteiger partial charge >= 0.3 is 5.97 Å². The summed E-state index contributed by atoms with van der Waals surface area (Å²) in [6, 6.07) is 28.9. The van der Waals surface area contributed by atoms with Crippen LogP contribution >= 0.6 is 23.5 Å². The SMILES string of the molecule is C=COC(=O)c1ccc(C(=O)Sc2ccc(C#Cc3ccc(C#Cc4ccc(OCCCCSC(=O)C(=C)F)cc4)cc3)cc2)cc1. The van der Waals surface area contributed by atoms with Gasteiger partial charge in [-0.1, -0.05) is 48.6 Å². The first-order valence-electron chi connectivity index (χ1n) is 14.4. The molecule has 0 saturated carbocycles. The molecule has 0 fully saturated rings. The minimum Gasteiger partial charge on any atom is -0.494 e. The van der Waals surface area contributed by atoms with E-state index in [2.05, 4.69) is 36.8 Å². The molecule has 0 bridgehead atoms. The maximum Gasteiger partial charge on any atom is 0.342 e. The Balaban J connectivity index is 1.22. The first-order chi connectivity index (χ1) is 22.8. The van der Waals surface area contributed by atoms with E-state index in [0.717, 1.165) is 75.5 Å². The quantitative estimate of drug-likeness (QED) is 0.0399. The number of benzene rings is 4. The highest BCUT2D eigenvalue weighted by Gasteiger charge is 2.11. The zero-order valence-electron chi connectivity index (χ0n) is 25.3. The number of ether oxygens (including phenoxy) is 2. The Kier molecular flexibility index (Phi) is 13.3. The molecule has 0 N–H and O–H groups in total. The van der Waals surface area contributed by atoms with Gasteiger partial charge in [-0.15, -0.1) is 0 Å². The summed E-state index contributed by atoms with van der Waals surface area (Å²) in [4.78, 5) is 36.3. The van der Waals surface area contributed by atoms with E-state index in [0.29, 0.717) is 23.5 Å². The number of rotatable bonds is 11. The zero-order chi connectivity index (χ0) is 33.4. The molecule has 0 heterocycles. The second-order valence-corrected chi connectivity index (χ2v) is 11.9. The molecule has 8 heteroatoms. The molecule has 47 heavy (non-hydrogen) atoms. The third kappa shape index (κ3) is 11.5. The van der Waals surface area contributed by atoms with Crippen molar-refractivity contribution >= 4 is 39.7 Å². The average Bonchev–Trinajstić information content (AvgIpc) is 3.09. The van der Waals surface area contributed by atoms with E-state index in [-0.39, 0.29) is 5.12 Å². The Hall–Kier alpha value is -5.28. The van der Waals surface area contributed by atoms with Crippen molar-refractivity contribution in [3.8, 4) is 29.4 Å². The van der Waals surface area contributed by atoms with Gasteiger partial charge in [-0.05, 0) is 122 Å². The van der Waals surface area contributed by atoms with Crippen LogP contribution in [0.25, 0.3) is 0 Å². The van der Waals surface area contributed by atoms with Crippen molar-refractivity contribution < 1.29 is 28.2 Å². The van der Waals surface area contributed by atoms with Crippen molar-refractivity contribution in [2.75, 3.05) is 12.4 Å². The molecule has 0 aliphatic heterocycles. The molecule has 0 atom stereocenters. The van der Waals surface area contributed by atoms with Gasteiger partial charge in [-0.3, -0.25) is 9.59 Å². The summed E-state index contributed by atoms with van der Waals surface area (Å²) in [5.74, 6) is 12.4. The van der Waals surface area contributed by atoms with Crippen LogP contribution in [0.5, 0.6) is 5.75 Å². The van der Waals surface area contributed by atoms with E-state index in [4.69, 9.17) is 9.47 Å². The third-order valence-electron chi connectivity index (χ3n) is 6.32. The number of halogens is 1. The lowest BCUT2D eigenvalue weighted by Gasteiger charge is -2.05. The van der Waals surface area contributed by atoms with Crippen molar-refractivity contribution in [2.24, 2.45) is 0 Å². The minimum atomic E-state index is -0.916. The molecule has 0 radical (unpaired) electrons. The number of carbonyl (C=O) groups is 3. The van der Waals surface area contributed by atoms with Crippen LogP contribution in [0.15, 0.2) is 127 Å². The molecule has 234 valence electrons. The fourth-order valence-corrected chi connectivity index (χ4v) is 5.29. The molecule has 0 unspecified atom stereocenters. The average molecular weight is 661 g/mol. The molecular formula is C39H29FO5S2. The summed E-state index contributed by atoms with van der Waals surface area (Å²) in [6.45, 7) is 6.86. The highest BCUT2D eigenvalue weighted by molar-refractivity contribution is 8.14. The summed E-state index contributed by atoms with van der Waals surface area (Å²) in [5, 5.41) is -0.754. The molecule has 4 aromatic rings. The molecule has 4 aromatic carbocycles. The molecule has 0 amide bonds. The van der Waals surface area contributed by atoms with Crippen LogP contribution < -0.4 is 4.74 Å². The van der Waals surface area contributed by atoms with Gasteiger partial charge in [0, 0.05) is 38.5 Å². The normalized spacial score (nSPS) is 9.98. The highest BCUT2D eigenvalue weighted by Crippen LogP contribution is 2.24. The summed E-state index contributed by atoms with van der Waals surface area (Å²) in [5.41, 5.74) is 4.20. The van der Waals surface area contributed by atoms with Crippen molar-refractivity contribution in [3.63, 3.8) is 0 Å². The largest absolute Gasteiger partial charge is 0.494 e. The Morgan fingerprint density at radius 3 is 1.70 bits per heavy atom. The number of unbranched alkanes of at least 4 members (excludes halogenated alkanes) is 1. The molecule has 4 rings (SSSR count). The van der Waals surface area contributed by atoms with Gasteiger partial charge in [0.25, 0.3) is 0 Å². The molecule has 0 aromatic heterocycles. The molecule has 0 aliphatic rings. The smallest absolute Gasteiger partial charge is 0.342 e. The monoisotopic (exact) mass is 660 g/mol. The van der Waals surface area contributed by atoms with Gasteiger partial charge in [0.1, 0.15) is 5.75 Å². The molecular weight excluding hydrogens is 632 g/mol. The lowest BCUT2D eigenvalue weighted by molar-refractivity contribution is -0.109.